The Balaban J connectivity index is 1.68. The first kappa shape index (κ1) is 14.6. The summed E-state index contributed by atoms with van der Waals surface area (Å²) in [6.45, 7) is 2.91. The van der Waals surface area contributed by atoms with Gasteiger partial charge in [-0.25, -0.2) is 0 Å². The fourth-order valence-corrected chi connectivity index (χ4v) is 3.80. The van der Waals surface area contributed by atoms with E-state index in [1.54, 1.807) is 0 Å². The van der Waals surface area contributed by atoms with Crippen molar-refractivity contribution in [1.82, 2.24) is 0 Å². The molecule has 2 saturated heterocycles. The van der Waals surface area contributed by atoms with Crippen molar-refractivity contribution in [2.24, 2.45) is 0 Å². The zero-order valence-electron chi connectivity index (χ0n) is 13.0. The Hall–Kier alpha value is -1.35. The third-order valence-electron chi connectivity index (χ3n) is 5.45. The average molecular weight is 288 g/mol. The number of esters is 1. The third-order valence-corrected chi connectivity index (χ3v) is 5.45. The first-order chi connectivity index (χ1) is 10.1. The van der Waals surface area contributed by atoms with Crippen molar-refractivity contribution in [3.63, 3.8) is 0 Å². The van der Waals surface area contributed by atoms with Gasteiger partial charge in [-0.3, -0.25) is 4.79 Å². The summed E-state index contributed by atoms with van der Waals surface area (Å²) in [4.78, 5) is 11.4. The lowest BCUT2D eigenvalue weighted by Crippen LogP contribution is -2.53. The lowest BCUT2D eigenvalue weighted by molar-refractivity contribution is -0.166. The van der Waals surface area contributed by atoms with Crippen molar-refractivity contribution < 1.29 is 14.3 Å². The highest BCUT2D eigenvalue weighted by atomic mass is 16.5. The number of rotatable bonds is 4. The van der Waals surface area contributed by atoms with Crippen molar-refractivity contribution in [2.75, 3.05) is 13.7 Å². The van der Waals surface area contributed by atoms with Gasteiger partial charge in [-0.2, -0.15) is 0 Å². The molecule has 2 aliphatic heterocycles. The summed E-state index contributed by atoms with van der Waals surface area (Å²) in [5, 5.41) is 0. The standard InChI is InChI=1S/C18H24O3/c1-14-3-5-15(6-4-14)17-9-11-18(12-10-17,21-13-17)8-7-16(19)20-2/h3-6H,7-13H2,1-2H3. The van der Waals surface area contributed by atoms with Gasteiger partial charge in [0.2, 0.25) is 0 Å². The number of benzene rings is 1. The smallest absolute Gasteiger partial charge is 0.305 e. The highest BCUT2D eigenvalue weighted by Crippen LogP contribution is 2.51. The molecule has 1 aliphatic carbocycles. The van der Waals surface area contributed by atoms with Crippen LogP contribution in [0.25, 0.3) is 0 Å². The number of hydrogen-bond donors (Lipinski definition) is 0. The molecule has 0 aromatic heterocycles. The second-order valence-corrected chi connectivity index (χ2v) is 6.69. The predicted molar refractivity (Wildman–Crippen MR) is 81.3 cm³/mol. The van der Waals surface area contributed by atoms with Gasteiger partial charge >= 0.3 is 5.97 Å². The minimum atomic E-state index is -0.131. The third kappa shape index (κ3) is 2.71. The second kappa shape index (κ2) is 5.45. The van der Waals surface area contributed by atoms with Gasteiger partial charge in [-0.1, -0.05) is 29.8 Å². The number of carbonyl (C=O) groups excluding carboxylic acids is 1. The van der Waals surface area contributed by atoms with E-state index >= 15 is 0 Å². The van der Waals surface area contributed by atoms with Gasteiger partial charge in [0, 0.05) is 11.8 Å². The summed E-state index contributed by atoms with van der Waals surface area (Å²) in [7, 11) is 1.45. The van der Waals surface area contributed by atoms with E-state index in [0.717, 1.165) is 38.7 Å². The molecule has 0 unspecified atom stereocenters. The minimum Gasteiger partial charge on any atom is -0.469 e. The van der Waals surface area contributed by atoms with Gasteiger partial charge in [0.05, 0.1) is 19.3 Å². The molecule has 0 amide bonds. The first-order valence-corrected chi connectivity index (χ1v) is 7.86. The zero-order valence-corrected chi connectivity index (χ0v) is 13.0. The monoisotopic (exact) mass is 288 g/mol. The highest BCUT2D eigenvalue weighted by molar-refractivity contribution is 5.69. The summed E-state index contributed by atoms with van der Waals surface area (Å²) in [5.74, 6) is -0.131. The molecule has 1 aromatic carbocycles. The van der Waals surface area contributed by atoms with Crippen LogP contribution in [-0.2, 0) is 19.7 Å². The van der Waals surface area contributed by atoms with Crippen molar-refractivity contribution in [3.8, 4) is 0 Å². The van der Waals surface area contributed by atoms with Crippen LogP contribution in [0.15, 0.2) is 24.3 Å². The van der Waals surface area contributed by atoms with Crippen LogP contribution in [0, 0.1) is 6.92 Å². The fraction of sp³-hybridized carbons (Fsp3) is 0.611. The van der Waals surface area contributed by atoms with E-state index in [1.807, 2.05) is 0 Å². The minimum absolute atomic E-state index is 0.0827. The van der Waals surface area contributed by atoms with E-state index in [-0.39, 0.29) is 17.0 Å². The second-order valence-electron chi connectivity index (χ2n) is 6.69. The van der Waals surface area contributed by atoms with Crippen LogP contribution in [0.4, 0.5) is 0 Å². The molecule has 3 heteroatoms. The average Bonchev–Trinajstić information content (AvgIpc) is 2.55. The topological polar surface area (TPSA) is 35.5 Å². The maximum Gasteiger partial charge on any atom is 0.305 e. The van der Waals surface area contributed by atoms with E-state index in [1.165, 1.54) is 18.2 Å². The molecule has 0 N–H and O–H groups in total. The first-order valence-electron chi connectivity index (χ1n) is 7.86. The molecule has 0 radical (unpaired) electrons. The van der Waals surface area contributed by atoms with Crippen molar-refractivity contribution in [3.05, 3.63) is 35.4 Å². The zero-order chi connectivity index (χ0) is 14.9. The van der Waals surface area contributed by atoms with Crippen LogP contribution >= 0.6 is 0 Å². The van der Waals surface area contributed by atoms with E-state index in [9.17, 15) is 4.79 Å². The van der Waals surface area contributed by atoms with Gasteiger partial charge in [0.15, 0.2) is 0 Å². The molecule has 4 rings (SSSR count). The number of aryl methyl sites for hydroxylation is 1. The molecule has 114 valence electrons. The van der Waals surface area contributed by atoms with E-state index in [4.69, 9.17) is 9.47 Å². The normalized spacial score (nSPS) is 31.1. The van der Waals surface area contributed by atoms with Crippen LogP contribution in [0.3, 0.4) is 0 Å². The molecule has 1 aromatic rings. The summed E-state index contributed by atoms with van der Waals surface area (Å²) in [6, 6.07) is 8.90. The van der Waals surface area contributed by atoms with Crippen molar-refractivity contribution in [1.29, 1.82) is 0 Å². The summed E-state index contributed by atoms with van der Waals surface area (Å²) in [6.07, 6.45) is 5.70. The molecule has 1 saturated carbocycles. The van der Waals surface area contributed by atoms with Gasteiger partial charge in [0.25, 0.3) is 0 Å². The molecule has 21 heavy (non-hydrogen) atoms. The largest absolute Gasteiger partial charge is 0.469 e. The van der Waals surface area contributed by atoms with E-state index in [0.29, 0.717) is 6.42 Å². The molecule has 3 aliphatic rings. The highest BCUT2D eigenvalue weighted by Gasteiger charge is 2.50. The van der Waals surface area contributed by atoms with Crippen LogP contribution in [-0.4, -0.2) is 25.3 Å². The number of fused-ring (bicyclic) bond motifs is 3. The molecular weight excluding hydrogens is 264 g/mol. The number of carbonyl (C=O) groups is 1. The summed E-state index contributed by atoms with van der Waals surface area (Å²) < 4.78 is 11.0. The Morgan fingerprint density at radius 2 is 1.86 bits per heavy atom. The van der Waals surface area contributed by atoms with Crippen molar-refractivity contribution >= 4 is 5.97 Å². The molecule has 2 heterocycles. The van der Waals surface area contributed by atoms with Crippen molar-refractivity contribution in [2.45, 2.75) is 56.5 Å². The molecular formula is C18H24O3. The van der Waals surface area contributed by atoms with Crippen LogP contribution < -0.4 is 0 Å². The van der Waals surface area contributed by atoms with Crippen LogP contribution in [0.5, 0.6) is 0 Å². The van der Waals surface area contributed by atoms with E-state index < -0.39 is 0 Å². The van der Waals surface area contributed by atoms with Gasteiger partial charge in [-0.05, 0) is 44.6 Å². The Kier molecular flexibility index (Phi) is 3.78. The Morgan fingerprint density at radius 3 is 2.38 bits per heavy atom. The van der Waals surface area contributed by atoms with Crippen LogP contribution in [0.1, 0.15) is 49.7 Å². The SMILES string of the molecule is COC(=O)CCC12CCC(c3ccc(C)cc3)(CC1)CO2. The fourth-order valence-electron chi connectivity index (χ4n) is 3.80. The van der Waals surface area contributed by atoms with Gasteiger partial charge < -0.3 is 9.47 Å². The summed E-state index contributed by atoms with van der Waals surface area (Å²) in [5.41, 5.74) is 2.82. The lowest BCUT2D eigenvalue weighted by Gasteiger charge is -2.53. The molecule has 3 nitrogen and oxygen atoms in total. The summed E-state index contributed by atoms with van der Waals surface area (Å²) >= 11 is 0. The maximum absolute atomic E-state index is 11.4. The number of ether oxygens (including phenoxy) is 2. The van der Waals surface area contributed by atoms with E-state index in [2.05, 4.69) is 31.2 Å². The predicted octanol–water partition coefficient (Wildman–Crippen LogP) is 3.53. The molecule has 2 bridgehead atoms. The van der Waals surface area contributed by atoms with Gasteiger partial charge in [-0.15, -0.1) is 0 Å². The molecule has 3 fully saturated rings. The number of methoxy groups -OCH3 is 1. The lowest BCUT2D eigenvalue weighted by atomic mass is 9.62. The molecule has 0 atom stereocenters. The Bertz CT molecular complexity index is 493. The maximum atomic E-state index is 11.4. The Morgan fingerprint density at radius 1 is 1.19 bits per heavy atom. The number of hydrogen-bond acceptors (Lipinski definition) is 3. The molecule has 0 spiro atoms. The van der Waals surface area contributed by atoms with Crippen LogP contribution in [0.2, 0.25) is 0 Å². The van der Waals surface area contributed by atoms with Gasteiger partial charge in [0.1, 0.15) is 0 Å². The quantitative estimate of drug-likeness (QED) is 0.795. The Labute approximate surface area is 126 Å².